The summed E-state index contributed by atoms with van der Waals surface area (Å²) >= 11 is 7.10. The van der Waals surface area contributed by atoms with Crippen LogP contribution in [0.25, 0.3) is 10.6 Å². The average molecular weight is 211 g/mol. The zero-order valence-electron chi connectivity index (χ0n) is 6.32. The van der Waals surface area contributed by atoms with E-state index in [9.17, 15) is 0 Å². The highest BCUT2D eigenvalue weighted by molar-refractivity contribution is 7.19. The summed E-state index contributed by atoms with van der Waals surface area (Å²) in [5.74, 6) is 0.486. The standard InChI is InChI=1S/C8H3ClN2OS/c9-7-2-1-6(13-7)8-5(3-10)4-11-12-8/h1-2,4H. The Morgan fingerprint density at radius 3 is 3.00 bits per heavy atom. The molecule has 2 aromatic heterocycles. The number of rotatable bonds is 1. The second kappa shape index (κ2) is 3.21. The van der Waals surface area contributed by atoms with Crippen LogP contribution >= 0.6 is 22.9 Å². The molecule has 2 heterocycles. The molecule has 0 aliphatic rings. The summed E-state index contributed by atoms with van der Waals surface area (Å²) in [5.41, 5.74) is 0.429. The van der Waals surface area contributed by atoms with Gasteiger partial charge in [-0.25, -0.2) is 0 Å². The quantitative estimate of drug-likeness (QED) is 0.727. The van der Waals surface area contributed by atoms with Crippen LogP contribution < -0.4 is 0 Å². The molecule has 3 nitrogen and oxygen atoms in total. The number of aromatic nitrogens is 1. The fourth-order valence-corrected chi connectivity index (χ4v) is 1.97. The molecule has 0 saturated carbocycles. The maximum Gasteiger partial charge on any atom is 0.194 e. The van der Waals surface area contributed by atoms with E-state index in [4.69, 9.17) is 21.4 Å². The highest BCUT2D eigenvalue weighted by atomic mass is 35.5. The van der Waals surface area contributed by atoms with Crippen molar-refractivity contribution in [3.8, 4) is 16.7 Å². The first kappa shape index (κ1) is 8.30. The van der Waals surface area contributed by atoms with Crippen LogP contribution in [0.3, 0.4) is 0 Å². The van der Waals surface area contributed by atoms with Gasteiger partial charge in [0.1, 0.15) is 11.6 Å². The van der Waals surface area contributed by atoms with Crippen molar-refractivity contribution in [3.05, 3.63) is 28.2 Å². The number of hydrogen-bond donors (Lipinski definition) is 0. The Hall–Kier alpha value is -1.31. The van der Waals surface area contributed by atoms with Crippen LogP contribution in [0.1, 0.15) is 5.56 Å². The maximum atomic E-state index is 8.70. The van der Waals surface area contributed by atoms with Crippen molar-refractivity contribution < 1.29 is 4.52 Å². The summed E-state index contributed by atoms with van der Waals surface area (Å²) in [6, 6.07) is 5.55. The van der Waals surface area contributed by atoms with E-state index in [-0.39, 0.29) is 0 Å². The Balaban J connectivity index is 2.53. The van der Waals surface area contributed by atoms with Gasteiger partial charge in [0.2, 0.25) is 0 Å². The van der Waals surface area contributed by atoms with Gasteiger partial charge < -0.3 is 4.52 Å². The molecular formula is C8H3ClN2OS. The van der Waals surface area contributed by atoms with E-state index in [1.165, 1.54) is 17.5 Å². The van der Waals surface area contributed by atoms with Gasteiger partial charge in [0.15, 0.2) is 5.76 Å². The molecule has 0 aromatic carbocycles. The molecule has 0 fully saturated rings. The predicted molar refractivity (Wildman–Crippen MR) is 49.5 cm³/mol. The first-order chi connectivity index (χ1) is 6.31. The molecular weight excluding hydrogens is 208 g/mol. The summed E-state index contributed by atoms with van der Waals surface area (Å²) in [7, 11) is 0. The van der Waals surface area contributed by atoms with Gasteiger partial charge in [0.05, 0.1) is 15.4 Å². The lowest BCUT2D eigenvalue weighted by Crippen LogP contribution is -1.70. The van der Waals surface area contributed by atoms with Gasteiger partial charge in [-0.1, -0.05) is 16.8 Å². The second-order valence-corrected chi connectivity index (χ2v) is 4.00. The Kier molecular flexibility index (Phi) is 2.05. The number of nitrogens with zero attached hydrogens (tertiary/aromatic N) is 2. The van der Waals surface area contributed by atoms with Crippen molar-refractivity contribution in [2.75, 3.05) is 0 Å². The molecule has 13 heavy (non-hydrogen) atoms. The minimum absolute atomic E-state index is 0.429. The van der Waals surface area contributed by atoms with Crippen molar-refractivity contribution in [2.45, 2.75) is 0 Å². The van der Waals surface area contributed by atoms with Crippen LogP contribution in [0.2, 0.25) is 4.34 Å². The Morgan fingerprint density at radius 1 is 1.54 bits per heavy atom. The summed E-state index contributed by atoms with van der Waals surface area (Å²) < 4.78 is 5.60. The number of halogens is 1. The van der Waals surface area contributed by atoms with Crippen molar-refractivity contribution in [1.82, 2.24) is 5.16 Å². The lowest BCUT2D eigenvalue weighted by atomic mass is 10.2. The van der Waals surface area contributed by atoms with E-state index >= 15 is 0 Å². The number of hydrogen-bond acceptors (Lipinski definition) is 4. The Morgan fingerprint density at radius 2 is 2.38 bits per heavy atom. The second-order valence-electron chi connectivity index (χ2n) is 2.28. The molecule has 0 N–H and O–H groups in total. The zero-order chi connectivity index (χ0) is 9.26. The van der Waals surface area contributed by atoms with Gasteiger partial charge in [0, 0.05) is 0 Å². The largest absolute Gasteiger partial charge is 0.354 e. The third-order valence-corrected chi connectivity index (χ3v) is 2.72. The maximum absolute atomic E-state index is 8.70. The lowest BCUT2D eigenvalue weighted by Gasteiger charge is -1.86. The lowest BCUT2D eigenvalue weighted by molar-refractivity contribution is 0.433. The molecule has 0 saturated heterocycles. The number of nitriles is 1. The summed E-state index contributed by atoms with van der Waals surface area (Å²) in [6.45, 7) is 0. The van der Waals surface area contributed by atoms with Crippen LogP contribution in [0.4, 0.5) is 0 Å². The SMILES string of the molecule is N#Cc1cnoc1-c1ccc(Cl)s1. The van der Waals surface area contributed by atoms with Gasteiger partial charge in [0.25, 0.3) is 0 Å². The molecule has 0 radical (unpaired) electrons. The summed E-state index contributed by atoms with van der Waals surface area (Å²) in [4.78, 5) is 0.819. The van der Waals surface area contributed by atoms with E-state index < -0.39 is 0 Å². The van der Waals surface area contributed by atoms with Crippen LogP contribution in [-0.4, -0.2) is 5.16 Å². The summed E-state index contributed by atoms with van der Waals surface area (Å²) in [6.07, 6.45) is 1.39. The highest BCUT2D eigenvalue weighted by Gasteiger charge is 2.11. The smallest absolute Gasteiger partial charge is 0.194 e. The van der Waals surface area contributed by atoms with Crippen molar-refractivity contribution in [3.63, 3.8) is 0 Å². The highest BCUT2D eigenvalue weighted by Crippen LogP contribution is 2.32. The molecule has 0 spiro atoms. The minimum Gasteiger partial charge on any atom is -0.354 e. The minimum atomic E-state index is 0.429. The molecule has 0 aliphatic carbocycles. The van der Waals surface area contributed by atoms with E-state index in [1.54, 1.807) is 12.1 Å². The molecule has 0 bridgehead atoms. The molecule has 0 atom stereocenters. The van der Waals surface area contributed by atoms with Gasteiger partial charge >= 0.3 is 0 Å². The third-order valence-electron chi connectivity index (χ3n) is 1.49. The van der Waals surface area contributed by atoms with E-state index in [1.807, 2.05) is 6.07 Å². The fourth-order valence-electron chi connectivity index (χ4n) is 0.933. The molecule has 2 aromatic rings. The van der Waals surface area contributed by atoms with Crippen LogP contribution in [0.15, 0.2) is 22.9 Å². The molecule has 64 valence electrons. The molecule has 2 rings (SSSR count). The number of thiophene rings is 1. The fraction of sp³-hybridized carbons (Fsp3) is 0. The van der Waals surface area contributed by atoms with E-state index in [2.05, 4.69) is 5.16 Å². The Bertz CT molecular complexity index is 468. The topological polar surface area (TPSA) is 49.8 Å². The first-order valence-electron chi connectivity index (χ1n) is 3.42. The van der Waals surface area contributed by atoms with Crippen LogP contribution in [-0.2, 0) is 0 Å². The average Bonchev–Trinajstić information content (AvgIpc) is 2.71. The van der Waals surface area contributed by atoms with Crippen molar-refractivity contribution >= 4 is 22.9 Å². The summed E-state index contributed by atoms with van der Waals surface area (Å²) in [5, 5.41) is 12.2. The van der Waals surface area contributed by atoms with Gasteiger partial charge in [-0.3, -0.25) is 0 Å². The van der Waals surface area contributed by atoms with Crippen LogP contribution in [0.5, 0.6) is 0 Å². The van der Waals surface area contributed by atoms with Gasteiger partial charge in [-0.05, 0) is 12.1 Å². The molecule has 0 aliphatic heterocycles. The van der Waals surface area contributed by atoms with Crippen LogP contribution in [0, 0.1) is 11.3 Å². The zero-order valence-corrected chi connectivity index (χ0v) is 7.89. The Labute approximate surface area is 83.2 Å². The van der Waals surface area contributed by atoms with E-state index in [0.29, 0.717) is 15.7 Å². The predicted octanol–water partition coefficient (Wildman–Crippen LogP) is 2.93. The van der Waals surface area contributed by atoms with Crippen molar-refractivity contribution in [1.29, 1.82) is 5.26 Å². The molecule has 0 unspecified atom stereocenters. The van der Waals surface area contributed by atoms with E-state index in [0.717, 1.165) is 4.88 Å². The first-order valence-corrected chi connectivity index (χ1v) is 4.61. The van der Waals surface area contributed by atoms with Crippen molar-refractivity contribution in [2.24, 2.45) is 0 Å². The third kappa shape index (κ3) is 1.44. The normalized spacial score (nSPS) is 9.85. The van der Waals surface area contributed by atoms with Gasteiger partial charge in [-0.15, -0.1) is 11.3 Å². The molecule has 0 amide bonds. The molecule has 5 heteroatoms. The van der Waals surface area contributed by atoms with Gasteiger partial charge in [-0.2, -0.15) is 5.26 Å². The monoisotopic (exact) mass is 210 g/mol.